The number of benzene rings is 1. The van der Waals surface area contributed by atoms with Crippen molar-refractivity contribution in [2.24, 2.45) is 5.73 Å². The van der Waals surface area contributed by atoms with Crippen LogP contribution >= 0.6 is 12.2 Å². The molecule has 19 heavy (non-hydrogen) atoms. The molecule has 1 aromatic rings. The maximum atomic E-state index is 11.5. The highest BCUT2D eigenvalue weighted by molar-refractivity contribution is 7.80. The molecule has 1 aliphatic carbocycles. The molecule has 4 N–H and O–H groups in total. The number of carbonyl (C=O) groups excluding carboxylic acids is 1. The monoisotopic (exact) mass is 279 g/mol. The summed E-state index contributed by atoms with van der Waals surface area (Å²) in [5, 5.41) is 0.0189. The summed E-state index contributed by atoms with van der Waals surface area (Å²) in [5.74, 6) is 0.476. The van der Waals surface area contributed by atoms with Crippen LogP contribution in [0.1, 0.15) is 24.0 Å². The molecule has 1 aromatic carbocycles. The molecule has 0 unspecified atom stereocenters. The van der Waals surface area contributed by atoms with E-state index in [-0.39, 0.29) is 17.6 Å². The fourth-order valence-corrected chi connectivity index (χ4v) is 2.24. The normalized spacial score (nSPS) is 13.3. The Kier molecular flexibility index (Phi) is 4.57. The molecular formula is C13H17N3O2S. The standard InChI is InChI=1S/C13H17N3O2S/c14-13(19)16-15-12(17)8-18-11-7-3-5-9-4-1-2-6-10(9)11/h3,5,7H,1-2,4,6,8H2,(H,15,17)(H3,14,16,19). The maximum Gasteiger partial charge on any atom is 0.276 e. The van der Waals surface area contributed by atoms with Gasteiger partial charge < -0.3 is 10.5 Å². The van der Waals surface area contributed by atoms with Gasteiger partial charge in [-0.3, -0.25) is 15.6 Å². The quantitative estimate of drug-likeness (QED) is 0.564. The van der Waals surface area contributed by atoms with Crippen LogP contribution in [0, 0.1) is 0 Å². The molecule has 0 aromatic heterocycles. The van der Waals surface area contributed by atoms with Crippen LogP contribution in [0.5, 0.6) is 5.75 Å². The Hall–Kier alpha value is -1.82. The van der Waals surface area contributed by atoms with Gasteiger partial charge in [-0.15, -0.1) is 0 Å². The lowest BCUT2D eigenvalue weighted by atomic mass is 9.91. The van der Waals surface area contributed by atoms with Crippen molar-refractivity contribution in [1.29, 1.82) is 0 Å². The first-order chi connectivity index (χ1) is 9.16. The number of thiocarbonyl (C=S) groups is 1. The predicted octanol–water partition coefficient (Wildman–Crippen LogP) is 0.809. The Morgan fingerprint density at radius 2 is 2.11 bits per heavy atom. The molecular weight excluding hydrogens is 262 g/mol. The van der Waals surface area contributed by atoms with E-state index in [4.69, 9.17) is 10.5 Å². The molecule has 0 heterocycles. The number of hydrazine groups is 1. The summed E-state index contributed by atoms with van der Waals surface area (Å²) in [6, 6.07) is 5.99. The molecule has 6 heteroatoms. The van der Waals surface area contributed by atoms with E-state index < -0.39 is 0 Å². The van der Waals surface area contributed by atoms with E-state index in [9.17, 15) is 4.79 Å². The van der Waals surface area contributed by atoms with Crippen LogP contribution in [-0.2, 0) is 17.6 Å². The van der Waals surface area contributed by atoms with Gasteiger partial charge in [-0.1, -0.05) is 12.1 Å². The van der Waals surface area contributed by atoms with Gasteiger partial charge in [0.2, 0.25) is 0 Å². The van der Waals surface area contributed by atoms with Crippen molar-refractivity contribution in [3.05, 3.63) is 29.3 Å². The Morgan fingerprint density at radius 1 is 1.32 bits per heavy atom. The van der Waals surface area contributed by atoms with Gasteiger partial charge >= 0.3 is 0 Å². The molecule has 0 saturated carbocycles. The molecule has 0 fully saturated rings. The SMILES string of the molecule is NC(=S)NNC(=O)COc1cccc2c1CCCC2. The minimum atomic E-state index is -0.318. The number of rotatable bonds is 3. The van der Waals surface area contributed by atoms with E-state index in [1.54, 1.807) is 0 Å². The van der Waals surface area contributed by atoms with Crippen molar-refractivity contribution in [3.8, 4) is 5.75 Å². The predicted molar refractivity (Wildman–Crippen MR) is 76.6 cm³/mol. The minimum absolute atomic E-state index is 0.0189. The van der Waals surface area contributed by atoms with Gasteiger partial charge in [-0.05, 0) is 55.1 Å². The Balaban J connectivity index is 1.92. The third-order valence-electron chi connectivity index (χ3n) is 3.04. The number of ether oxygens (including phenoxy) is 1. The maximum absolute atomic E-state index is 11.5. The van der Waals surface area contributed by atoms with E-state index in [1.807, 2.05) is 12.1 Å². The van der Waals surface area contributed by atoms with Crippen LogP contribution in [0.15, 0.2) is 18.2 Å². The zero-order chi connectivity index (χ0) is 13.7. The number of hydrogen-bond donors (Lipinski definition) is 3. The third kappa shape index (κ3) is 3.82. The summed E-state index contributed by atoms with van der Waals surface area (Å²) in [4.78, 5) is 11.5. The first-order valence-electron chi connectivity index (χ1n) is 6.24. The van der Waals surface area contributed by atoms with Gasteiger partial charge in [-0.2, -0.15) is 0 Å². The Morgan fingerprint density at radius 3 is 2.89 bits per heavy atom. The van der Waals surface area contributed by atoms with E-state index in [0.29, 0.717) is 0 Å². The summed E-state index contributed by atoms with van der Waals surface area (Å²) in [6.45, 7) is -0.0634. The van der Waals surface area contributed by atoms with Crippen LogP contribution < -0.4 is 21.3 Å². The van der Waals surface area contributed by atoms with Crippen molar-refractivity contribution in [1.82, 2.24) is 10.9 Å². The zero-order valence-corrected chi connectivity index (χ0v) is 11.4. The number of carbonyl (C=O) groups is 1. The second kappa shape index (κ2) is 6.38. The molecule has 0 radical (unpaired) electrons. The average Bonchev–Trinajstić information content (AvgIpc) is 2.42. The molecule has 0 aliphatic heterocycles. The molecule has 5 nitrogen and oxygen atoms in total. The van der Waals surface area contributed by atoms with Crippen LogP contribution in [-0.4, -0.2) is 17.6 Å². The zero-order valence-electron chi connectivity index (χ0n) is 10.6. The summed E-state index contributed by atoms with van der Waals surface area (Å²) >= 11 is 4.58. The number of aryl methyl sites for hydroxylation is 1. The number of amides is 1. The Bertz CT molecular complexity index is 491. The third-order valence-corrected chi connectivity index (χ3v) is 3.14. The fourth-order valence-electron chi connectivity index (χ4n) is 2.19. The van der Waals surface area contributed by atoms with Crippen LogP contribution in [0.3, 0.4) is 0 Å². The van der Waals surface area contributed by atoms with Crippen LogP contribution in [0.4, 0.5) is 0 Å². The smallest absolute Gasteiger partial charge is 0.276 e. The number of fused-ring (bicyclic) bond motifs is 1. The average molecular weight is 279 g/mol. The van der Waals surface area contributed by atoms with Gasteiger partial charge in [0.25, 0.3) is 5.91 Å². The summed E-state index contributed by atoms with van der Waals surface area (Å²) in [7, 11) is 0. The molecule has 0 bridgehead atoms. The van der Waals surface area contributed by atoms with E-state index >= 15 is 0 Å². The fraction of sp³-hybridized carbons (Fsp3) is 0.385. The molecule has 1 amide bonds. The first kappa shape index (κ1) is 13.6. The van der Waals surface area contributed by atoms with Crippen molar-refractivity contribution < 1.29 is 9.53 Å². The topological polar surface area (TPSA) is 76.4 Å². The largest absolute Gasteiger partial charge is 0.483 e. The second-order valence-corrected chi connectivity index (χ2v) is 4.87. The molecule has 2 rings (SSSR count). The van der Waals surface area contributed by atoms with Crippen molar-refractivity contribution in [2.45, 2.75) is 25.7 Å². The van der Waals surface area contributed by atoms with Crippen molar-refractivity contribution >= 4 is 23.2 Å². The lowest BCUT2D eigenvalue weighted by molar-refractivity contribution is -0.123. The van der Waals surface area contributed by atoms with Gasteiger partial charge in [0.05, 0.1) is 0 Å². The minimum Gasteiger partial charge on any atom is -0.483 e. The van der Waals surface area contributed by atoms with E-state index in [0.717, 1.165) is 18.6 Å². The van der Waals surface area contributed by atoms with Gasteiger partial charge in [-0.25, -0.2) is 0 Å². The van der Waals surface area contributed by atoms with Crippen LogP contribution in [0.25, 0.3) is 0 Å². The lowest BCUT2D eigenvalue weighted by Crippen LogP contribution is -2.46. The highest BCUT2D eigenvalue weighted by Gasteiger charge is 2.14. The van der Waals surface area contributed by atoms with Gasteiger partial charge in [0, 0.05) is 0 Å². The molecule has 0 spiro atoms. The first-order valence-corrected chi connectivity index (χ1v) is 6.65. The highest BCUT2D eigenvalue weighted by atomic mass is 32.1. The molecule has 1 aliphatic rings. The summed E-state index contributed by atoms with van der Waals surface area (Å²) < 4.78 is 5.56. The molecule has 0 atom stereocenters. The van der Waals surface area contributed by atoms with Crippen molar-refractivity contribution in [3.63, 3.8) is 0 Å². The number of nitrogens with two attached hydrogens (primary N) is 1. The number of nitrogens with one attached hydrogen (secondary N) is 2. The summed E-state index contributed by atoms with van der Waals surface area (Å²) in [5.41, 5.74) is 12.5. The molecule has 0 saturated heterocycles. The number of hydrogen-bond acceptors (Lipinski definition) is 3. The van der Waals surface area contributed by atoms with E-state index in [1.165, 1.54) is 24.0 Å². The van der Waals surface area contributed by atoms with E-state index in [2.05, 4.69) is 29.1 Å². The van der Waals surface area contributed by atoms with Crippen LogP contribution in [0.2, 0.25) is 0 Å². The molecule has 102 valence electrons. The Labute approximate surface area is 117 Å². The highest BCUT2D eigenvalue weighted by Crippen LogP contribution is 2.29. The van der Waals surface area contributed by atoms with Gasteiger partial charge in [0.15, 0.2) is 11.7 Å². The lowest BCUT2D eigenvalue weighted by Gasteiger charge is -2.19. The van der Waals surface area contributed by atoms with Gasteiger partial charge in [0.1, 0.15) is 5.75 Å². The summed E-state index contributed by atoms with van der Waals surface area (Å²) in [6.07, 6.45) is 4.48. The second-order valence-electron chi connectivity index (χ2n) is 4.43. The van der Waals surface area contributed by atoms with Crippen molar-refractivity contribution in [2.75, 3.05) is 6.61 Å².